The third-order valence-corrected chi connectivity index (χ3v) is 5.58. The SMILES string of the molecule is O=C(NC1(C(=O)O)CCOC1)C1CC12CCc1ccccc12. The van der Waals surface area contributed by atoms with Gasteiger partial charge >= 0.3 is 5.97 Å². The molecule has 1 aliphatic heterocycles. The number of fused-ring (bicyclic) bond motifs is 2. The number of aliphatic carboxylic acids is 1. The minimum atomic E-state index is -1.24. The molecule has 2 N–H and O–H groups in total. The highest BCUT2D eigenvalue weighted by molar-refractivity contribution is 5.91. The Hall–Kier alpha value is -1.88. The molecule has 3 atom stereocenters. The summed E-state index contributed by atoms with van der Waals surface area (Å²) in [5, 5.41) is 12.2. The van der Waals surface area contributed by atoms with Gasteiger partial charge in [-0.25, -0.2) is 4.79 Å². The van der Waals surface area contributed by atoms with E-state index in [-0.39, 0.29) is 23.8 Å². The van der Waals surface area contributed by atoms with Crippen LogP contribution in [0.25, 0.3) is 0 Å². The van der Waals surface area contributed by atoms with E-state index < -0.39 is 11.5 Å². The highest BCUT2D eigenvalue weighted by Crippen LogP contribution is 2.61. The maximum Gasteiger partial charge on any atom is 0.331 e. The molecule has 5 heteroatoms. The first-order valence-electron chi connectivity index (χ1n) is 7.79. The average Bonchev–Trinajstić information content (AvgIpc) is 2.86. The Morgan fingerprint density at radius 3 is 2.82 bits per heavy atom. The monoisotopic (exact) mass is 301 g/mol. The summed E-state index contributed by atoms with van der Waals surface area (Å²) in [7, 11) is 0. The molecule has 2 aliphatic carbocycles. The van der Waals surface area contributed by atoms with Crippen LogP contribution in [-0.4, -0.2) is 35.7 Å². The van der Waals surface area contributed by atoms with Crippen LogP contribution in [0.1, 0.15) is 30.4 Å². The normalized spacial score (nSPS) is 35.4. The van der Waals surface area contributed by atoms with Crippen LogP contribution in [-0.2, 0) is 26.2 Å². The molecular weight excluding hydrogens is 282 g/mol. The van der Waals surface area contributed by atoms with E-state index in [2.05, 4.69) is 17.4 Å². The fourth-order valence-electron chi connectivity index (χ4n) is 4.15. The molecule has 1 spiro atoms. The van der Waals surface area contributed by atoms with Crippen molar-refractivity contribution in [2.45, 2.75) is 36.6 Å². The maximum absolute atomic E-state index is 12.6. The van der Waals surface area contributed by atoms with Crippen LogP contribution in [0.5, 0.6) is 0 Å². The van der Waals surface area contributed by atoms with Crippen molar-refractivity contribution in [3.8, 4) is 0 Å². The Morgan fingerprint density at radius 2 is 2.09 bits per heavy atom. The van der Waals surface area contributed by atoms with Crippen LogP contribution >= 0.6 is 0 Å². The number of benzene rings is 1. The minimum Gasteiger partial charge on any atom is -0.479 e. The number of hydrogen-bond donors (Lipinski definition) is 2. The third kappa shape index (κ3) is 1.81. The quantitative estimate of drug-likeness (QED) is 0.881. The lowest BCUT2D eigenvalue weighted by Crippen LogP contribution is -2.56. The Bertz CT molecular complexity index is 650. The Kier molecular flexibility index (Phi) is 2.85. The van der Waals surface area contributed by atoms with E-state index in [1.54, 1.807) is 0 Å². The van der Waals surface area contributed by atoms with Crippen LogP contribution in [0.2, 0.25) is 0 Å². The zero-order valence-electron chi connectivity index (χ0n) is 12.3. The van der Waals surface area contributed by atoms with Gasteiger partial charge < -0.3 is 15.2 Å². The van der Waals surface area contributed by atoms with Crippen LogP contribution in [0.4, 0.5) is 0 Å². The van der Waals surface area contributed by atoms with Crippen LogP contribution in [0.15, 0.2) is 24.3 Å². The molecule has 5 nitrogen and oxygen atoms in total. The number of carboxylic acids is 1. The predicted octanol–water partition coefficient (Wildman–Crippen LogP) is 1.25. The highest BCUT2D eigenvalue weighted by Gasteiger charge is 2.62. The number of rotatable bonds is 3. The molecule has 22 heavy (non-hydrogen) atoms. The van der Waals surface area contributed by atoms with Gasteiger partial charge in [0.25, 0.3) is 0 Å². The Morgan fingerprint density at radius 1 is 1.27 bits per heavy atom. The van der Waals surface area contributed by atoms with Gasteiger partial charge in [0, 0.05) is 24.4 Å². The van der Waals surface area contributed by atoms with E-state index in [9.17, 15) is 14.7 Å². The van der Waals surface area contributed by atoms with Crippen molar-refractivity contribution < 1.29 is 19.4 Å². The van der Waals surface area contributed by atoms with Crippen molar-refractivity contribution in [1.82, 2.24) is 5.32 Å². The van der Waals surface area contributed by atoms with Crippen LogP contribution in [0.3, 0.4) is 0 Å². The summed E-state index contributed by atoms with van der Waals surface area (Å²) in [6.07, 6.45) is 3.16. The number of amides is 1. The van der Waals surface area contributed by atoms with Gasteiger partial charge in [0.15, 0.2) is 5.54 Å². The zero-order valence-corrected chi connectivity index (χ0v) is 12.3. The molecule has 116 valence electrons. The number of nitrogens with one attached hydrogen (secondary N) is 1. The second kappa shape index (κ2) is 4.56. The van der Waals surface area contributed by atoms with Gasteiger partial charge in [-0.15, -0.1) is 0 Å². The molecule has 0 radical (unpaired) electrons. The van der Waals surface area contributed by atoms with Gasteiger partial charge in [0.2, 0.25) is 5.91 Å². The maximum atomic E-state index is 12.6. The van der Waals surface area contributed by atoms with E-state index in [1.807, 2.05) is 12.1 Å². The van der Waals surface area contributed by atoms with Gasteiger partial charge in [-0.05, 0) is 30.4 Å². The lowest BCUT2D eigenvalue weighted by molar-refractivity contribution is -0.148. The molecule has 3 aliphatic rings. The molecule has 1 amide bonds. The first-order chi connectivity index (χ1) is 10.6. The van der Waals surface area contributed by atoms with E-state index >= 15 is 0 Å². The molecule has 2 fully saturated rings. The molecule has 0 aromatic heterocycles. The lowest BCUT2D eigenvalue weighted by Gasteiger charge is -2.24. The van der Waals surface area contributed by atoms with Crippen molar-refractivity contribution in [3.05, 3.63) is 35.4 Å². The van der Waals surface area contributed by atoms with E-state index in [4.69, 9.17) is 4.74 Å². The molecule has 1 heterocycles. The highest BCUT2D eigenvalue weighted by atomic mass is 16.5. The Labute approximate surface area is 128 Å². The summed E-state index contributed by atoms with van der Waals surface area (Å²) in [6, 6.07) is 8.29. The van der Waals surface area contributed by atoms with Crippen molar-refractivity contribution >= 4 is 11.9 Å². The number of hydrogen-bond acceptors (Lipinski definition) is 3. The van der Waals surface area contributed by atoms with Crippen molar-refractivity contribution in [1.29, 1.82) is 0 Å². The standard InChI is InChI=1S/C17H19NO4/c19-14(18-17(15(20)21)7-8-22-10-17)13-9-16(13)6-5-11-3-1-2-4-12(11)16/h1-4,13H,5-10H2,(H,18,19)(H,20,21). The topological polar surface area (TPSA) is 75.6 Å². The number of ether oxygens (including phenoxy) is 1. The summed E-state index contributed by atoms with van der Waals surface area (Å²) in [4.78, 5) is 24.1. The van der Waals surface area contributed by atoms with Gasteiger partial charge in [-0.1, -0.05) is 24.3 Å². The van der Waals surface area contributed by atoms with Gasteiger partial charge in [-0.2, -0.15) is 0 Å². The number of aryl methyl sites for hydroxylation is 1. The van der Waals surface area contributed by atoms with E-state index in [0.29, 0.717) is 13.0 Å². The van der Waals surface area contributed by atoms with Crippen molar-refractivity contribution in [2.75, 3.05) is 13.2 Å². The number of carbonyl (C=O) groups is 2. The first kappa shape index (κ1) is 13.8. The molecular formula is C17H19NO4. The average molecular weight is 301 g/mol. The number of carbonyl (C=O) groups excluding carboxylic acids is 1. The van der Waals surface area contributed by atoms with E-state index in [1.165, 1.54) is 11.1 Å². The second-order valence-corrected chi connectivity index (χ2v) is 6.75. The van der Waals surface area contributed by atoms with Gasteiger partial charge in [-0.3, -0.25) is 4.79 Å². The summed E-state index contributed by atoms with van der Waals surface area (Å²) in [6.45, 7) is 0.440. The molecule has 1 aromatic carbocycles. The zero-order chi connectivity index (χ0) is 15.4. The first-order valence-corrected chi connectivity index (χ1v) is 7.79. The fourth-order valence-corrected chi connectivity index (χ4v) is 4.15. The molecule has 1 saturated heterocycles. The predicted molar refractivity (Wildman–Crippen MR) is 78.5 cm³/mol. The summed E-state index contributed by atoms with van der Waals surface area (Å²) < 4.78 is 5.20. The fraction of sp³-hybridized carbons (Fsp3) is 0.529. The van der Waals surface area contributed by atoms with Crippen molar-refractivity contribution in [3.63, 3.8) is 0 Å². The molecule has 1 aromatic rings. The number of carboxylic acid groups (broad SMARTS) is 1. The van der Waals surface area contributed by atoms with E-state index in [0.717, 1.165) is 19.3 Å². The smallest absolute Gasteiger partial charge is 0.331 e. The molecule has 4 rings (SSSR count). The lowest BCUT2D eigenvalue weighted by atomic mass is 9.94. The molecule has 0 bridgehead atoms. The van der Waals surface area contributed by atoms with Crippen molar-refractivity contribution in [2.24, 2.45) is 5.92 Å². The van der Waals surface area contributed by atoms with Crippen LogP contribution < -0.4 is 5.32 Å². The minimum absolute atomic E-state index is 0.0557. The third-order valence-electron chi connectivity index (χ3n) is 5.58. The second-order valence-electron chi connectivity index (χ2n) is 6.75. The molecule has 3 unspecified atom stereocenters. The Balaban J connectivity index is 1.53. The largest absolute Gasteiger partial charge is 0.479 e. The summed E-state index contributed by atoms with van der Waals surface area (Å²) in [5.74, 6) is -1.24. The van der Waals surface area contributed by atoms with Gasteiger partial charge in [0.1, 0.15) is 0 Å². The summed E-state index contributed by atoms with van der Waals surface area (Å²) in [5.41, 5.74) is 1.32. The van der Waals surface area contributed by atoms with Gasteiger partial charge in [0.05, 0.1) is 6.61 Å². The van der Waals surface area contributed by atoms with Crippen LogP contribution in [0, 0.1) is 5.92 Å². The molecule has 1 saturated carbocycles. The summed E-state index contributed by atoms with van der Waals surface area (Å²) >= 11 is 0.